The van der Waals surface area contributed by atoms with Gasteiger partial charge in [-0.2, -0.15) is 0 Å². The van der Waals surface area contributed by atoms with E-state index in [1.807, 2.05) is 26.0 Å². The molecular formula is C18H30ClN3O3. The van der Waals surface area contributed by atoms with Crippen LogP contribution in [0.25, 0.3) is 0 Å². The predicted octanol–water partition coefficient (Wildman–Crippen LogP) is 3.29. The maximum absolute atomic E-state index is 12.2. The number of hydrogen-bond donors (Lipinski definition) is 2. The molecule has 0 aliphatic carbocycles. The van der Waals surface area contributed by atoms with E-state index in [2.05, 4.69) is 29.5 Å². The molecule has 1 rings (SSSR count). The molecular weight excluding hydrogens is 342 g/mol. The zero-order chi connectivity index (χ0) is 18.3. The van der Waals surface area contributed by atoms with Crippen molar-refractivity contribution in [2.24, 2.45) is 5.92 Å². The summed E-state index contributed by atoms with van der Waals surface area (Å²) < 4.78 is 5.21. The highest BCUT2D eigenvalue weighted by molar-refractivity contribution is 5.89. The van der Waals surface area contributed by atoms with Gasteiger partial charge in [-0.25, -0.2) is 4.79 Å². The third kappa shape index (κ3) is 8.72. The van der Waals surface area contributed by atoms with Crippen LogP contribution in [0.4, 0.5) is 4.79 Å². The number of nitrogens with zero attached hydrogens (tertiary/aromatic N) is 1. The number of carbonyl (C=O) groups is 2. The van der Waals surface area contributed by atoms with Crippen LogP contribution in [0.2, 0.25) is 0 Å². The van der Waals surface area contributed by atoms with Gasteiger partial charge in [0.25, 0.3) is 0 Å². The number of hydrogen-bond acceptors (Lipinski definition) is 4. The molecule has 0 atom stereocenters. The maximum atomic E-state index is 12.2. The molecule has 0 aromatic carbocycles. The Balaban J connectivity index is 0.00000576. The van der Waals surface area contributed by atoms with Crippen LogP contribution in [0.1, 0.15) is 51.1 Å². The van der Waals surface area contributed by atoms with Gasteiger partial charge in [0, 0.05) is 17.9 Å². The monoisotopic (exact) mass is 371 g/mol. The van der Waals surface area contributed by atoms with Crippen LogP contribution in [0, 0.1) is 19.8 Å². The molecule has 6 nitrogen and oxygen atoms in total. The highest BCUT2D eigenvalue weighted by atomic mass is 35.5. The summed E-state index contributed by atoms with van der Waals surface area (Å²) in [4.78, 5) is 28.4. The number of ether oxygens (including phenoxy) is 1. The number of pyridine rings is 1. The van der Waals surface area contributed by atoms with E-state index in [0.29, 0.717) is 12.5 Å². The average Bonchev–Trinajstić information content (AvgIpc) is 2.43. The zero-order valence-electron chi connectivity index (χ0n) is 15.9. The number of aryl methyl sites for hydroxylation is 2. The van der Waals surface area contributed by atoms with Crippen molar-refractivity contribution in [1.82, 2.24) is 15.6 Å². The van der Waals surface area contributed by atoms with E-state index < -0.39 is 11.6 Å². The third-order valence-corrected chi connectivity index (χ3v) is 3.50. The number of amides is 2. The summed E-state index contributed by atoms with van der Waals surface area (Å²) in [6, 6.07) is 3.73. The molecule has 0 bridgehead atoms. The first-order valence-electron chi connectivity index (χ1n) is 8.27. The van der Waals surface area contributed by atoms with Gasteiger partial charge in [0.1, 0.15) is 12.1 Å². The van der Waals surface area contributed by atoms with Gasteiger partial charge in [-0.05, 0) is 57.7 Å². The second-order valence-corrected chi connectivity index (χ2v) is 7.02. The van der Waals surface area contributed by atoms with Gasteiger partial charge in [0.15, 0.2) is 0 Å². The molecule has 0 unspecified atom stereocenters. The second-order valence-electron chi connectivity index (χ2n) is 7.02. The molecule has 0 fully saturated rings. The van der Waals surface area contributed by atoms with Gasteiger partial charge < -0.3 is 15.4 Å². The lowest BCUT2D eigenvalue weighted by molar-refractivity contribution is -0.126. The maximum Gasteiger partial charge on any atom is 0.408 e. The minimum absolute atomic E-state index is 0. The summed E-state index contributed by atoms with van der Waals surface area (Å²) in [6.45, 7) is 12.0. The first kappa shape index (κ1) is 23.2. The highest BCUT2D eigenvalue weighted by Crippen LogP contribution is 2.08. The van der Waals surface area contributed by atoms with E-state index in [4.69, 9.17) is 4.74 Å². The number of aromatic nitrogens is 1. The standard InChI is InChI=1S/C18H29N3O3.ClH/c1-12(2)7-8-19-16(22)18(5,6)21-17(23)24-11-15-9-13(3)20-14(4)10-15;/h9-10,12H,7-8,11H2,1-6H3,(H,19,22)(H,21,23);1H. The Morgan fingerprint density at radius 3 is 2.28 bits per heavy atom. The molecule has 2 N–H and O–H groups in total. The summed E-state index contributed by atoms with van der Waals surface area (Å²) in [6.07, 6.45) is 0.277. The molecule has 1 heterocycles. The largest absolute Gasteiger partial charge is 0.445 e. The minimum atomic E-state index is -1.03. The van der Waals surface area contributed by atoms with E-state index in [-0.39, 0.29) is 24.9 Å². The lowest BCUT2D eigenvalue weighted by atomic mass is 10.0. The van der Waals surface area contributed by atoms with Gasteiger partial charge in [-0.15, -0.1) is 12.4 Å². The van der Waals surface area contributed by atoms with Gasteiger partial charge in [0.05, 0.1) is 0 Å². The van der Waals surface area contributed by atoms with E-state index in [1.165, 1.54) is 0 Å². The molecule has 0 spiro atoms. The summed E-state index contributed by atoms with van der Waals surface area (Å²) >= 11 is 0. The van der Waals surface area contributed by atoms with Crippen LogP contribution in [0.15, 0.2) is 12.1 Å². The van der Waals surface area contributed by atoms with Gasteiger partial charge in [-0.3, -0.25) is 9.78 Å². The van der Waals surface area contributed by atoms with Crippen LogP contribution >= 0.6 is 12.4 Å². The quantitative estimate of drug-likeness (QED) is 0.770. The topological polar surface area (TPSA) is 80.3 Å². The van der Waals surface area contributed by atoms with Crippen molar-refractivity contribution in [2.75, 3.05) is 6.54 Å². The Morgan fingerprint density at radius 1 is 1.20 bits per heavy atom. The van der Waals surface area contributed by atoms with Crippen LogP contribution in [0.5, 0.6) is 0 Å². The fraction of sp³-hybridized carbons (Fsp3) is 0.611. The number of carbonyl (C=O) groups excluding carboxylic acids is 2. The number of halogens is 1. The Kier molecular flexibility index (Phi) is 9.49. The molecule has 142 valence electrons. The molecule has 25 heavy (non-hydrogen) atoms. The predicted molar refractivity (Wildman–Crippen MR) is 101 cm³/mol. The number of rotatable bonds is 7. The van der Waals surface area contributed by atoms with Crippen molar-refractivity contribution in [3.8, 4) is 0 Å². The molecule has 1 aromatic heterocycles. The Labute approximate surface area is 156 Å². The molecule has 7 heteroatoms. The van der Waals surface area contributed by atoms with Gasteiger partial charge in [-0.1, -0.05) is 13.8 Å². The van der Waals surface area contributed by atoms with Gasteiger partial charge >= 0.3 is 6.09 Å². The molecule has 1 aromatic rings. The third-order valence-electron chi connectivity index (χ3n) is 3.50. The van der Waals surface area contributed by atoms with Crippen LogP contribution in [-0.4, -0.2) is 29.1 Å². The number of nitrogens with one attached hydrogen (secondary N) is 2. The van der Waals surface area contributed by atoms with Crippen molar-refractivity contribution >= 4 is 24.4 Å². The molecule has 0 saturated heterocycles. The van der Waals surface area contributed by atoms with Crippen molar-refractivity contribution in [2.45, 2.75) is 60.1 Å². The fourth-order valence-electron chi connectivity index (χ4n) is 2.20. The first-order chi connectivity index (χ1) is 11.1. The Morgan fingerprint density at radius 2 is 1.76 bits per heavy atom. The minimum Gasteiger partial charge on any atom is -0.445 e. The zero-order valence-corrected chi connectivity index (χ0v) is 16.8. The Hall–Kier alpha value is -1.82. The normalized spacial score (nSPS) is 10.8. The van der Waals surface area contributed by atoms with Crippen molar-refractivity contribution in [3.05, 3.63) is 29.1 Å². The second kappa shape index (κ2) is 10.2. The van der Waals surface area contributed by atoms with E-state index >= 15 is 0 Å². The van der Waals surface area contributed by atoms with Crippen molar-refractivity contribution in [3.63, 3.8) is 0 Å². The number of alkyl carbamates (subject to hydrolysis) is 1. The van der Waals surface area contributed by atoms with Gasteiger partial charge in [0.2, 0.25) is 5.91 Å². The van der Waals surface area contributed by atoms with Crippen molar-refractivity contribution in [1.29, 1.82) is 0 Å². The molecule has 0 aliphatic rings. The summed E-state index contributed by atoms with van der Waals surface area (Å²) in [5, 5.41) is 5.44. The summed E-state index contributed by atoms with van der Waals surface area (Å²) in [5.41, 5.74) is 1.59. The Bertz CT molecular complexity index is 569. The lowest BCUT2D eigenvalue weighted by Crippen LogP contribution is -2.55. The summed E-state index contributed by atoms with van der Waals surface area (Å²) in [7, 11) is 0. The first-order valence-corrected chi connectivity index (χ1v) is 8.27. The smallest absolute Gasteiger partial charge is 0.408 e. The van der Waals surface area contributed by atoms with Crippen molar-refractivity contribution < 1.29 is 14.3 Å². The van der Waals surface area contributed by atoms with Crippen LogP contribution < -0.4 is 10.6 Å². The lowest BCUT2D eigenvalue weighted by Gasteiger charge is -2.25. The SMILES string of the molecule is Cc1cc(COC(=O)NC(C)(C)C(=O)NCCC(C)C)cc(C)n1.Cl. The van der Waals surface area contributed by atoms with Crippen LogP contribution in [0.3, 0.4) is 0 Å². The summed E-state index contributed by atoms with van der Waals surface area (Å²) in [5.74, 6) is 0.286. The average molecular weight is 372 g/mol. The molecule has 0 radical (unpaired) electrons. The van der Waals surface area contributed by atoms with E-state index in [0.717, 1.165) is 23.4 Å². The molecule has 0 aliphatic heterocycles. The van der Waals surface area contributed by atoms with E-state index in [1.54, 1.807) is 13.8 Å². The molecule has 2 amide bonds. The van der Waals surface area contributed by atoms with E-state index in [9.17, 15) is 9.59 Å². The van der Waals surface area contributed by atoms with Crippen LogP contribution in [-0.2, 0) is 16.1 Å². The molecule has 0 saturated carbocycles. The highest BCUT2D eigenvalue weighted by Gasteiger charge is 2.29. The fourth-order valence-corrected chi connectivity index (χ4v) is 2.20.